The van der Waals surface area contributed by atoms with E-state index < -0.39 is 0 Å². The highest BCUT2D eigenvalue weighted by atomic mass is 32.2. The molecule has 1 unspecified atom stereocenters. The molecule has 1 rings (SSSR count). The average molecular weight is 160 g/mol. The van der Waals surface area contributed by atoms with Gasteiger partial charge in [0.25, 0.3) is 0 Å². The monoisotopic (exact) mass is 160 g/mol. The van der Waals surface area contributed by atoms with Crippen LogP contribution in [-0.4, -0.2) is 17.5 Å². The molecule has 3 N–H and O–H groups in total. The second-order valence-electron chi connectivity index (χ2n) is 2.77. The zero-order valence-electron chi connectivity index (χ0n) is 6.47. The Kier molecular flexibility index (Phi) is 3.52. The summed E-state index contributed by atoms with van der Waals surface area (Å²) in [5, 5.41) is 0. The van der Waals surface area contributed by atoms with Crippen molar-refractivity contribution in [2.24, 2.45) is 11.8 Å². The summed E-state index contributed by atoms with van der Waals surface area (Å²) in [7, 11) is 0. The molecule has 1 atom stereocenters. The van der Waals surface area contributed by atoms with Gasteiger partial charge in [0, 0.05) is 11.8 Å². The molecular weight excluding hydrogens is 144 g/mol. The van der Waals surface area contributed by atoms with Crippen molar-refractivity contribution >= 4 is 11.8 Å². The number of hydrogen-bond acceptors (Lipinski definition) is 3. The van der Waals surface area contributed by atoms with E-state index in [0.29, 0.717) is 6.04 Å². The van der Waals surface area contributed by atoms with Crippen molar-refractivity contribution in [2.75, 3.05) is 11.5 Å². The van der Waals surface area contributed by atoms with Crippen LogP contribution in [0.1, 0.15) is 19.8 Å². The molecular formula is C7H16N2S. The van der Waals surface area contributed by atoms with E-state index in [9.17, 15) is 0 Å². The summed E-state index contributed by atoms with van der Waals surface area (Å²) in [5.74, 6) is 8.65. The fraction of sp³-hybridized carbons (Fsp3) is 1.00. The van der Waals surface area contributed by atoms with Crippen LogP contribution in [0.15, 0.2) is 0 Å². The molecule has 0 saturated heterocycles. The topological polar surface area (TPSA) is 38.0 Å². The highest BCUT2D eigenvalue weighted by molar-refractivity contribution is 7.99. The van der Waals surface area contributed by atoms with E-state index in [1.54, 1.807) is 0 Å². The Balaban J connectivity index is 2.07. The summed E-state index contributed by atoms with van der Waals surface area (Å²) < 4.78 is 0. The van der Waals surface area contributed by atoms with Crippen LogP contribution in [0.25, 0.3) is 0 Å². The molecule has 0 amide bonds. The molecule has 60 valence electrons. The summed E-state index contributed by atoms with van der Waals surface area (Å²) in [5.41, 5.74) is 2.88. The summed E-state index contributed by atoms with van der Waals surface area (Å²) in [6.07, 6.45) is 2.75. The molecule has 0 aromatic carbocycles. The van der Waals surface area contributed by atoms with Crippen LogP contribution in [0, 0.1) is 5.92 Å². The summed E-state index contributed by atoms with van der Waals surface area (Å²) in [6.45, 7) is 2.19. The third-order valence-corrected chi connectivity index (χ3v) is 2.91. The maximum absolute atomic E-state index is 5.39. The van der Waals surface area contributed by atoms with Crippen molar-refractivity contribution in [3.8, 4) is 0 Å². The zero-order valence-corrected chi connectivity index (χ0v) is 7.29. The summed E-state index contributed by atoms with van der Waals surface area (Å²) in [6, 6.07) is 0.574. The smallest absolute Gasteiger partial charge is 0.0329 e. The molecule has 0 heterocycles. The fourth-order valence-electron chi connectivity index (χ4n) is 1.06. The first kappa shape index (κ1) is 8.37. The molecule has 0 aliphatic heterocycles. The Bertz CT molecular complexity index is 93.6. The standard InChI is InChI=1S/C7H16N2S/c1-2-10-5-7(9-8)6-3-4-6/h6-7,9H,2-5,8H2,1H3. The predicted octanol–water partition coefficient (Wildman–Crippen LogP) is 0.981. The van der Waals surface area contributed by atoms with Crippen LogP contribution in [0.4, 0.5) is 0 Å². The second-order valence-corrected chi connectivity index (χ2v) is 4.09. The number of nitrogens with one attached hydrogen (secondary N) is 1. The van der Waals surface area contributed by atoms with Crippen LogP contribution >= 0.6 is 11.8 Å². The van der Waals surface area contributed by atoms with E-state index in [4.69, 9.17) is 5.84 Å². The summed E-state index contributed by atoms with van der Waals surface area (Å²) in [4.78, 5) is 0. The lowest BCUT2D eigenvalue weighted by Crippen LogP contribution is -2.38. The van der Waals surface area contributed by atoms with Crippen molar-refractivity contribution in [3.05, 3.63) is 0 Å². The van der Waals surface area contributed by atoms with Gasteiger partial charge in [-0.15, -0.1) is 0 Å². The van der Waals surface area contributed by atoms with Crippen LogP contribution in [-0.2, 0) is 0 Å². The molecule has 3 heteroatoms. The second kappa shape index (κ2) is 4.21. The van der Waals surface area contributed by atoms with Gasteiger partial charge in [0.2, 0.25) is 0 Å². The molecule has 1 saturated carbocycles. The van der Waals surface area contributed by atoms with E-state index in [-0.39, 0.29) is 0 Å². The van der Waals surface area contributed by atoms with Gasteiger partial charge in [0.1, 0.15) is 0 Å². The number of rotatable bonds is 5. The van der Waals surface area contributed by atoms with Crippen molar-refractivity contribution in [2.45, 2.75) is 25.8 Å². The predicted molar refractivity (Wildman–Crippen MR) is 46.8 cm³/mol. The van der Waals surface area contributed by atoms with Crippen LogP contribution in [0.5, 0.6) is 0 Å². The molecule has 0 radical (unpaired) electrons. The van der Waals surface area contributed by atoms with Gasteiger partial charge in [-0.25, -0.2) is 0 Å². The Hall–Kier alpha value is 0.270. The van der Waals surface area contributed by atoms with Gasteiger partial charge < -0.3 is 0 Å². The van der Waals surface area contributed by atoms with Gasteiger partial charge in [0.05, 0.1) is 0 Å². The minimum absolute atomic E-state index is 0.574. The van der Waals surface area contributed by atoms with Gasteiger partial charge in [0.15, 0.2) is 0 Å². The van der Waals surface area contributed by atoms with E-state index in [1.807, 2.05) is 11.8 Å². The molecule has 0 spiro atoms. The average Bonchev–Trinajstić information content (AvgIpc) is 2.73. The minimum atomic E-state index is 0.574. The number of thioether (sulfide) groups is 1. The van der Waals surface area contributed by atoms with Crippen molar-refractivity contribution in [3.63, 3.8) is 0 Å². The van der Waals surface area contributed by atoms with Gasteiger partial charge in [-0.3, -0.25) is 11.3 Å². The van der Waals surface area contributed by atoms with E-state index >= 15 is 0 Å². The fourth-order valence-corrected chi connectivity index (χ4v) is 1.92. The molecule has 0 bridgehead atoms. The highest BCUT2D eigenvalue weighted by Gasteiger charge is 2.29. The van der Waals surface area contributed by atoms with Gasteiger partial charge in [-0.1, -0.05) is 6.92 Å². The number of hydrazine groups is 1. The van der Waals surface area contributed by atoms with Crippen LogP contribution in [0.3, 0.4) is 0 Å². The minimum Gasteiger partial charge on any atom is -0.271 e. The maximum Gasteiger partial charge on any atom is 0.0329 e. The quantitative estimate of drug-likeness (QED) is 0.465. The Labute approximate surface area is 66.9 Å². The largest absolute Gasteiger partial charge is 0.271 e. The molecule has 2 nitrogen and oxygen atoms in total. The lowest BCUT2D eigenvalue weighted by molar-refractivity contribution is 0.520. The molecule has 1 aliphatic rings. The van der Waals surface area contributed by atoms with E-state index in [1.165, 1.54) is 24.3 Å². The Morgan fingerprint density at radius 1 is 1.70 bits per heavy atom. The zero-order chi connectivity index (χ0) is 7.40. The Morgan fingerprint density at radius 3 is 2.80 bits per heavy atom. The first-order valence-corrected chi connectivity index (χ1v) is 5.07. The third-order valence-electron chi connectivity index (χ3n) is 1.91. The molecule has 0 aromatic heterocycles. The first-order valence-electron chi connectivity index (χ1n) is 3.92. The van der Waals surface area contributed by atoms with E-state index in [0.717, 1.165) is 5.92 Å². The highest BCUT2D eigenvalue weighted by Crippen LogP contribution is 2.33. The lowest BCUT2D eigenvalue weighted by atomic mass is 10.2. The van der Waals surface area contributed by atoms with Crippen molar-refractivity contribution < 1.29 is 0 Å². The van der Waals surface area contributed by atoms with Crippen molar-refractivity contribution in [1.82, 2.24) is 5.43 Å². The van der Waals surface area contributed by atoms with Gasteiger partial charge in [-0.05, 0) is 24.5 Å². The lowest BCUT2D eigenvalue weighted by Gasteiger charge is -2.12. The van der Waals surface area contributed by atoms with Crippen LogP contribution < -0.4 is 11.3 Å². The third kappa shape index (κ3) is 2.48. The van der Waals surface area contributed by atoms with Gasteiger partial charge >= 0.3 is 0 Å². The maximum atomic E-state index is 5.39. The van der Waals surface area contributed by atoms with Gasteiger partial charge in [-0.2, -0.15) is 11.8 Å². The number of nitrogens with two attached hydrogens (primary N) is 1. The Morgan fingerprint density at radius 2 is 2.40 bits per heavy atom. The van der Waals surface area contributed by atoms with Crippen LogP contribution in [0.2, 0.25) is 0 Å². The first-order chi connectivity index (χ1) is 4.88. The summed E-state index contributed by atoms with van der Waals surface area (Å²) >= 11 is 1.97. The SMILES string of the molecule is CCSCC(NN)C1CC1. The molecule has 10 heavy (non-hydrogen) atoms. The van der Waals surface area contributed by atoms with E-state index in [2.05, 4.69) is 12.3 Å². The molecule has 0 aromatic rings. The number of hydrogen-bond donors (Lipinski definition) is 2. The molecule has 1 fully saturated rings. The van der Waals surface area contributed by atoms with Crippen molar-refractivity contribution in [1.29, 1.82) is 0 Å². The normalized spacial score (nSPS) is 21.0. The molecule has 1 aliphatic carbocycles.